The molecule has 0 radical (unpaired) electrons. The smallest absolute Gasteiger partial charge is 0.332 e. The van der Waals surface area contributed by atoms with Crippen LogP contribution in [0.15, 0.2) is 47.5 Å². The van der Waals surface area contributed by atoms with Crippen molar-refractivity contribution in [3.8, 4) is 11.1 Å². The standard InChI is InChI=1S/C11H8N2O3/c14-11-9(8-4-2-1-3-5-8)6-12-7-10(11)13(15)16/h1-7H,(H,12,14). The molecule has 1 N–H and O–H groups in total. The maximum absolute atomic E-state index is 11.7. The van der Waals surface area contributed by atoms with Crippen LogP contribution >= 0.6 is 0 Å². The van der Waals surface area contributed by atoms with Crippen LogP contribution in [0.25, 0.3) is 11.1 Å². The summed E-state index contributed by atoms with van der Waals surface area (Å²) in [5, 5.41) is 10.6. The van der Waals surface area contributed by atoms with Gasteiger partial charge in [0.25, 0.3) is 5.43 Å². The largest absolute Gasteiger partial charge is 0.361 e. The molecule has 16 heavy (non-hydrogen) atoms. The van der Waals surface area contributed by atoms with Gasteiger partial charge in [-0.25, -0.2) is 0 Å². The first-order valence-electron chi connectivity index (χ1n) is 4.61. The molecule has 1 heterocycles. The number of nitrogens with zero attached hydrogens (tertiary/aromatic N) is 1. The van der Waals surface area contributed by atoms with Gasteiger partial charge in [0.1, 0.15) is 0 Å². The summed E-state index contributed by atoms with van der Waals surface area (Å²) < 4.78 is 0. The van der Waals surface area contributed by atoms with Crippen LogP contribution in [0, 0.1) is 10.1 Å². The van der Waals surface area contributed by atoms with E-state index < -0.39 is 16.0 Å². The van der Waals surface area contributed by atoms with Crippen LogP contribution in [0.5, 0.6) is 0 Å². The second-order valence-corrected chi connectivity index (χ2v) is 3.21. The molecule has 0 aliphatic heterocycles. The van der Waals surface area contributed by atoms with Gasteiger partial charge in [-0.3, -0.25) is 14.9 Å². The summed E-state index contributed by atoms with van der Waals surface area (Å²) in [7, 11) is 0. The Balaban J connectivity index is 2.64. The number of hydrogen-bond donors (Lipinski definition) is 1. The molecule has 1 aromatic heterocycles. The molecule has 0 aliphatic carbocycles. The highest BCUT2D eigenvalue weighted by Crippen LogP contribution is 2.15. The molecule has 0 unspecified atom stereocenters. The lowest BCUT2D eigenvalue weighted by Crippen LogP contribution is -2.10. The highest BCUT2D eigenvalue weighted by Gasteiger charge is 2.15. The monoisotopic (exact) mass is 216 g/mol. The second kappa shape index (κ2) is 3.98. The predicted molar refractivity (Wildman–Crippen MR) is 59.2 cm³/mol. The number of H-pyrrole nitrogens is 1. The molecule has 1 aromatic carbocycles. The molecular formula is C11H8N2O3. The molecular weight excluding hydrogens is 208 g/mol. The molecule has 0 spiro atoms. The van der Waals surface area contributed by atoms with Crippen LogP contribution in [0.4, 0.5) is 5.69 Å². The maximum atomic E-state index is 11.7. The molecule has 0 saturated carbocycles. The number of rotatable bonds is 2. The van der Waals surface area contributed by atoms with Crippen molar-refractivity contribution in [2.75, 3.05) is 0 Å². The number of benzene rings is 1. The van der Waals surface area contributed by atoms with Crippen LogP contribution in [0.3, 0.4) is 0 Å². The first-order valence-corrected chi connectivity index (χ1v) is 4.61. The predicted octanol–water partition coefficient (Wildman–Crippen LogP) is 1.95. The average Bonchev–Trinajstić information content (AvgIpc) is 2.30. The number of pyridine rings is 1. The summed E-state index contributed by atoms with van der Waals surface area (Å²) in [4.78, 5) is 24.3. The van der Waals surface area contributed by atoms with E-state index in [1.54, 1.807) is 24.3 Å². The van der Waals surface area contributed by atoms with Gasteiger partial charge >= 0.3 is 5.69 Å². The minimum absolute atomic E-state index is 0.301. The zero-order valence-electron chi connectivity index (χ0n) is 8.21. The van der Waals surface area contributed by atoms with E-state index in [0.29, 0.717) is 11.1 Å². The van der Waals surface area contributed by atoms with Crippen molar-refractivity contribution in [1.82, 2.24) is 4.98 Å². The van der Waals surface area contributed by atoms with E-state index in [-0.39, 0.29) is 0 Å². The average molecular weight is 216 g/mol. The molecule has 0 amide bonds. The Bertz CT molecular complexity index is 575. The summed E-state index contributed by atoms with van der Waals surface area (Å²) >= 11 is 0. The topological polar surface area (TPSA) is 76.0 Å². The summed E-state index contributed by atoms with van der Waals surface area (Å²) in [6.07, 6.45) is 2.55. The van der Waals surface area contributed by atoms with Gasteiger partial charge in [0.2, 0.25) is 0 Å². The van der Waals surface area contributed by atoms with Gasteiger partial charge in [-0.05, 0) is 5.56 Å². The molecule has 0 saturated heterocycles. The first kappa shape index (κ1) is 10.1. The lowest BCUT2D eigenvalue weighted by atomic mass is 10.1. The minimum Gasteiger partial charge on any atom is -0.361 e. The van der Waals surface area contributed by atoms with Crippen LogP contribution in [-0.2, 0) is 0 Å². The summed E-state index contributed by atoms with van der Waals surface area (Å²) in [5.74, 6) is 0. The zero-order valence-corrected chi connectivity index (χ0v) is 8.21. The Kier molecular flexibility index (Phi) is 2.51. The van der Waals surface area contributed by atoms with Gasteiger partial charge in [0.15, 0.2) is 0 Å². The van der Waals surface area contributed by atoms with Crippen LogP contribution in [0.1, 0.15) is 0 Å². The summed E-state index contributed by atoms with van der Waals surface area (Å²) in [6, 6.07) is 8.82. The Morgan fingerprint density at radius 1 is 1.12 bits per heavy atom. The van der Waals surface area contributed by atoms with Gasteiger partial charge in [0.05, 0.1) is 16.7 Å². The third-order valence-electron chi connectivity index (χ3n) is 2.21. The number of nitro groups is 1. The minimum atomic E-state index is -0.689. The van der Waals surface area contributed by atoms with E-state index in [1.807, 2.05) is 6.07 Å². The fourth-order valence-electron chi connectivity index (χ4n) is 1.44. The van der Waals surface area contributed by atoms with E-state index >= 15 is 0 Å². The zero-order chi connectivity index (χ0) is 11.5. The fraction of sp³-hybridized carbons (Fsp3) is 0. The molecule has 0 bridgehead atoms. The van der Waals surface area contributed by atoms with Gasteiger partial charge in [-0.15, -0.1) is 0 Å². The summed E-state index contributed by atoms with van der Waals surface area (Å²) in [6.45, 7) is 0. The van der Waals surface area contributed by atoms with Crippen molar-refractivity contribution in [2.24, 2.45) is 0 Å². The highest BCUT2D eigenvalue weighted by molar-refractivity contribution is 5.64. The lowest BCUT2D eigenvalue weighted by molar-refractivity contribution is -0.386. The number of nitrogens with one attached hydrogen (secondary N) is 1. The Hall–Kier alpha value is -2.43. The van der Waals surface area contributed by atoms with Gasteiger partial charge in [0, 0.05) is 6.20 Å². The normalized spacial score (nSPS) is 10.0. The molecule has 2 rings (SSSR count). The number of aromatic amines is 1. The van der Waals surface area contributed by atoms with E-state index in [4.69, 9.17) is 0 Å². The number of hydrogen-bond acceptors (Lipinski definition) is 3. The van der Waals surface area contributed by atoms with Crippen LogP contribution in [0.2, 0.25) is 0 Å². The molecule has 80 valence electrons. The van der Waals surface area contributed by atoms with Crippen LogP contribution < -0.4 is 5.43 Å². The van der Waals surface area contributed by atoms with E-state index in [1.165, 1.54) is 6.20 Å². The van der Waals surface area contributed by atoms with E-state index in [0.717, 1.165) is 6.20 Å². The van der Waals surface area contributed by atoms with Crippen molar-refractivity contribution in [1.29, 1.82) is 0 Å². The van der Waals surface area contributed by atoms with Gasteiger partial charge in [-0.2, -0.15) is 0 Å². The van der Waals surface area contributed by atoms with Crippen molar-refractivity contribution in [2.45, 2.75) is 0 Å². The van der Waals surface area contributed by atoms with Crippen LogP contribution in [-0.4, -0.2) is 9.91 Å². The van der Waals surface area contributed by atoms with E-state index in [9.17, 15) is 14.9 Å². The van der Waals surface area contributed by atoms with Crippen molar-refractivity contribution < 1.29 is 4.92 Å². The Morgan fingerprint density at radius 3 is 2.44 bits per heavy atom. The van der Waals surface area contributed by atoms with E-state index in [2.05, 4.69) is 4.98 Å². The van der Waals surface area contributed by atoms with Gasteiger partial charge in [-0.1, -0.05) is 30.3 Å². The maximum Gasteiger partial charge on any atom is 0.332 e. The SMILES string of the molecule is O=c1c(-c2ccccc2)c[nH]cc1[N+](=O)[O-]. The van der Waals surface area contributed by atoms with Crippen molar-refractivity contribution in [3.63, 3.8) is 0 Å². The molecule has 0 atom stereocenters. The van der Waals surface area contributed by atoms with Crippen molar-refractivity contribution in [3.05, 3.63) is 63.1 Å². The quantitative estimate of drug-likeness (QED) is 0.615. The molecule has 2 aromatic rings. The highest BCUT2D eigenvalue weighted by atomic mass is 16.6. The Labute approximate surface area is 90.5 Å². The van der Waals surface area contributed by atoms with Gasteiger partial charge < -0.3 is 4.98 Å². The molecule has 5 heteroatoms. The fourth-order valence-corrected chi connectivity index (χ4v) is 1.44. The lowest BCUT2D eigenvalue weighted by Gasteiger charge is -1.99. The number of aromatic nitrogens is 1. The summed E-state index contributed by atoms with van der Waals surface area (Å²) in [5.41, 5.74) is -0.0569. The molecule has 5 nitrogen and oxygen atoms in total. The van der Waals surface area contributed by atoms with Crippen molar-refractivity contribution >= 4 is 5.69 Å². The third kappa shape index (κ3) is 1.70. The Morgan fingerprint density at radius 2 is 1.81 bits per heavy atom. The second-order valence-electron chi connectivity index (χ2n) is 3.21. The molecule has 0 fully saturated rings. The molecule has 0 aliphatic rings. The first-order chi connectivity index (χ1) is 7.70. The third-order valence-corrected chi connectivity index (χ3v) is 2.21.